The Hall–Kier alpha value is -0.760. The standard InChI is InChI=1S/C6H11N4P/c1-4-8-5(2)10-6(9-4)7-3-11/h3,11H2,1-2H3,(H,7,8,9,10). The fourth-order valence-electron chi connectivity index (χ4n) is 0.786. The third-order valence-electron chi connectivity index (χ3n) is 1.12. The van der Waals surface area contributed by atoms with E-state index in [-0.39, 0.29) is 0 Å². The number of rotatable bonds is 2. The van der Waals surface area contributed by atoms with Gasteiger partial charge in [-0.3, -0.25) is 0 Å². The molecular weight excluding hydrogens is 159 g/mol. The molecule has 0 bridgehead atoms. The molecule has 0 aliphatic heterocycles. The molecule has 1 N–H and O–H groups in total. The number of aromatic nitrogens is 3. The van der Waals surface area contributed by atoms with Gasteiger partial charge >= 0.3 is 0 Å². The number of nitrogens with zero attached hydrogens (tertiary/aromatic N) is 3. The summed E-state index contributed by atoms with van der Waals surface area (Å²) < 4.78 is 0. The van der Waals surface area contributed by atoms with E-state index >= 15 is 0 Å². The number of hydrogen-bond donors (Lipinski definition) is 1. The smallest absolute Gasteiger partial charge is 0.226 e. The van der Waals surface area contributed by atoms with E-state index in [1.165, 1.54) is 0 Å². The van der Waals surface area contributed by atoms with Crippen molar-refractivity contribution in [2.45, 2.75) is 13.8 Å². The molecule has 0 radical (unpaired) electrons. The summed E-state index contributed by atoms with van der Waals surface area (Å²) in [6, 6.07) is 0. The normalized spacial score (nSPS) is 9.73. The predicted octanol–water partition coefficient (Wildman–Crippen LogP) is 0.733. The Kier molecular flexibility index (Phi) is 2.71. The van der Waals surface area contributed by atoms with Crippen LogP contribution in [0.4, 0.5) is 5.95 Å². The molecule has 11 heavy (non-hydrogen) atoms. The molecule has 0 spiro atoms. The molecule has 1 aromatic rings. The first kappa shape index (κ1) is 8.34. The molecule has 0 aliphatic rings. The number of nitrogens with one attached hydrogen (secondary N) is 1. The van der Waals surface area contributed by atoms with Gasteiger partial charge in [0.1, 0.15) is 11.6 Å². The maximum absolute atomic E-state index is 4.08. The van der Waals surface area contributed by atoms with Crippen molar-refractivity contribution in [1.29, 1.82) is 0 Å². The molecular formula is C6H11N4P. The molecule has 1 atom stereocenters. The molecule has 1 heterocycles. The van der Waals surface area contributed by atoms with Gasteiger partial charge in [0.25, 0.3) is 0 Å². The van der Waals surface area contributed by atoms with Crippen molar-refractivity contribution in [2.24, 2.45) is 0 Å². The van der Waals surface area contributed by atoms with E-state index in [0.717, 1.165) is 17.9 Å². The second-order valence-corrected chi connectivity index (χ2v) is 2.54. The van der Waals surface area contributed by atoms with E-state index in [1.807, 2.05) is 13.8 Å². The monoisotopic (exact) mass is 170 g/mol. The minimum absolute atomic E-state index is 0.644. The van der Waals surface area contributed by atoms with Gasteiger partial charge in [-0.15, -0.1) is 9.24 Å². The van der Waals surface area contributed by atoms with Crippen LogP contribution in [0.3, 0.4) is 0 Å². The van der Waals surface area contributed by atoms with E-state index in [0.29, 0.717) is 5.95 Å². The molecule has 5 heteroatoms. The summed E-state index contributed by atoms with van der Waals surface area (Å²) in [4.78, 5) is 12.2. The Morgan fingerprint density at radius 3 is 2.18 bits per heavy atom. The molecule has 4 nitrogen and oxygen atoms in total. The van der Waals surface area contributed by atoms with Crippen LogP contribution in [0, 0.1) is 13.8 Å². The fourth-order valence-corrected chi connectivity index (χ4v) is 0.969. The van der Waals surface area contributed by atoms with Crippen LogP contribution in [-0.4, -0.2) is 21.2 Å². The van der Waals surface area contributed by atoms with Crippen molar-refractivity contribution in [3.05, 3.63) is 11.6 Å². The molecule has 1 unspecified atom stereocenters. The van der Waals surface area contributed by atoms with Crippen LogP contribution >= 0.6 is 9.24 Å². The van der Waals surface area contributed by atoms with Gasteiger partial charge in [-0.2, -0.15) is 9.97 Å². The molecule has 0 saturated heterocycles. The zero-order valence-corrected chi connectivity index (χ0v) is 7.78. The molecule has 0 aromatic carbocycles. The van der Waals surface area contributed by atoms with Crippen molar-refractivity contribution < 1.29 is 0 Å². The van der Waals surface area contributed by atoms with E-state index < -0.39 is 0 Å². The largest absolute Gasteiger partial charge is 0.351 e. The summed E-state index contributed by atoms with van der Waals surface area (Å²) in [5, 5.41) is 2.99. The third-order valence-corrected chi connectivity index (χ3v) is 1.32. The average Bonchev–Trinajstić information content (AvgIpc) is 1.85. The highest BCUT2D eigenvalue weighted by Gasteiger charge is 1.96. The fraction of sp³-hybridized carbons (Fsp3) is 0.500. The van der Waals surface area contributed by atoms with Crippen LogP contribution in [-0.2, 0) is 0 Å². The van der Waals surface area contributed by atoms with Crippen LogP contribution in [0.25, 0.3) is 0 Å². The second kappa shape index (κ2) is 3.58. The highest BCUT2D eigenvalue weighted by molar-refractivity contribution is 7.16. The van der Waals surface area contributed by atoms with Crippen molar-refractivity contribution in [2.75, 3.05) is 11.6 Å². The Morgan fingerprint density at radius 1 is 1.18 bits per heavy atom. The Morgan fingerprint density at radius 2 is 1.73 bits per heavy atom. The van der Waals surface area contributed by atoms with E-state index in [4.69, 9.17) is 0 Å². The minimum Gasteiger partial charge on any atom is -0.351 e. The second-order valence-electron chi connectivity index (χ2n) is 2.13. The van der Waals surface area contributed by atoms with Crippen LogP contribution < -0.4 is 5.32 Å². The van der Waals surface area contributed by atoms with Crippen molar-refractivity contribution >= 4 is 15.2 Å². The molecule has 1 aromatic heterocycles. The summed E-state index contributed by atoms with van der Waals surface area (Å²) in [5.41, 5.74) is 0. The van der Waals surface area contributed by atoms with E-state index in [2.05, 4.69) is 29.5 Å². The van der Waals surface area contributed by atoms with E-state index in [9.17, 15) is 0 Å². The predicted molar refractivity (Wildman–Crippen MR) is 47.5 cm³/mol. The van der Waals surface area contributed by atoms with Gasteiger partial charge in [0, 0.05) is 6.29 Å². The first-order valence-corrected chi connectivity index (χ1v) is 4.17. The molecule has 0 amide bonds. The SMILES string of the molecule is Cc1nc(C)nc(NCP)n1. The Bertz CT molecular complexity index is 230. The third kappa shape index (κ3) is 2.39. The number of anilines is 1. The van der Waals surface area contributed by atoms with Gasteiger partial charge < -0.3 is 5.32 Å². The lowest BCUT2D eigenvalue weighted by molar-refractivity contribution is 0.923. The lowest BCUT2D eigenvalue weighted by Gasteiger charge is -2.01. The van der Waals surface area contributed by atoms with Crippen molar-refractivity contribution in [3.8, 4) is 0 Å². The summed E-state index contributed by atoms with van der Waals surface area (Å²) in [7, 11) is 2.55. The molecule has 0 fully saturated rings. The number of aryl methyl sites for hydroxylation is 2. The highest BCUT2D eigenvalue weighted by atomic mass is 31.0. The molecule has 60 valence electrons. The zero-order chi connectivity index (χ0) is 8.27. The lowest BCUT2D eigenvalue weighted by Crippen LogP contribution is -2.04. The molecule has 0 aliphatic carbocycles. The van der Waals surface area contributed by atoms with Gasteiger partial charge in [0.2, 0.25) is 5.95 Å². The Labute approximate surface area is 68.1 Å². The molecule has 1 rings (SSSR count). The summed E-state index contributed by atoms with van der Waals surface area (Å²) >= 11 is 0. The van der Waals surface area contributed by atoms with Gasteiger partial charge in [-0.25, -0.2) is 4.98 Å². The maximum atomic E-state index is 4.08. The van der Waals surface area contributed by atoms with Crippen molar-refractivity contribution in [3.63, 3.8) is 0 Å². The topological polar surface area (TPSA) is 50.7 Å². The first-order chi connectivity index (χ1) is 5.22. The highest BCUT2D eigenvalue weighted by Crippen LogP contribution is 1.99. The summed E-state index contributed by atoms with van der Waals surface area (Å²) in [6.45, 7) is 3.70. The molecule has 0 saturated carbocycles. The number of hydrogen-bond acceptors (Lipinski definition) is 4. The van der Waals surface area contributed by atoms with Crippen LogP contribution in [0.1, 0.15) is 11.6 Å². The van der Waals surface area contributed by atoms with Gasteiger partial charge in [-0.1, -0.05) is 0 Å². The maximum Gasteiger partial charge on any atom is 0.226 e. The van der Waals surface area contributed by atoms with Gasteiger partial charge in [-0.05, 0) is 13.8 Å². The zero-order valence-electron chi connectivity index (χ0n) is 6.63. The van der Waals surface area contributed by atoms with Crippen LogP contribution in [0.5, 0.6) is 0 Å². The van der Waals surface area contributed by atoms with E-state index in [1.54, 1.807) is 0 Å². The first-order valence-electron chi connectivity index (χ1n) is 3.35. The van der Waals surface area contributed by atoms with Gasteiger partial charge in [0.15, 0.2) is 0 Å². The van der Waals surface area contributed by atoms with Crippen LogP contribution in [0.2, 0.25) is 0 Å². The van der Waals surface area contributed by atoms with Crippen LogP contribution in [0.15, 0.2) is 0 Å². The van der Waals surface area contributed by atoms with Gasteiger partial charge in [0.05, 0.1) is 0 Å². The lowest BCUT2D eigenvalue weighted by atomic mass is 10.6. The summed E-state index contributed by atoms with van der Waals surface area (Å²) in [5.74, 6) is 2.14. The Balaban J connectivity index is 2.89. The quantitative estimate of drug-likeness (QED) is 0.665. The minimum atomic E-state index is 0.644. The average molecular weight is 170 g/mol. The van der Waals surface area contributed by atoms with Crippen molar-refractivity contribution in [1.82, 2.24) is 15.0 Å². The summed E-state index contributed by atoms with van der Waals surface area (Å²) in [6.07, 6.45) is 0.753.